The van der Waals surface area contributed by atoms with Gasteiger partial charge in [0.25, 0.3) is 0 Å². The molecule has 2 saturated heterocycles. The fraction of sp³-hybridized carbons (Fsp3) is 0.517. The van der Waals surface area contributed by atoms with E-state index in [0.717, 1.165) is 37.0 Å². The van der Waals surface area contributed by atoms with E-state index in [1.807, 2.05) is 74.2 Å². The number of benzene rings is 2. The van der Waals surface area contributed by atoms with Gasteiger partial charge >= 0.3 is 12.2 Å². The van der Waals surface area contributed by atoms with Crippen LogP contribution in [-0.2, 0) is 16.0 Å². The molecule has 2 heterocycles. The Morgan fingerprint density at radius 2 is 1.68 bits per heavy atom. The maximum absolute atomic E-state index is 13.5. The Kier molecular flexibility index (Phi) is 8.15. The molecule has 8 nitrogen and oxygen atoms in total. The third-order valence-corrected chi connectivity index (χ3v) is 6.95. The van der Waals surface area contributed by atoms with E-state index in [-0.39, 0.29) is 24.1 Å². The number of carbonyl (C=O) groups is 2. The van der Waals surface area contributed by atoms with Crippen LogP contribution in [-0.4, -0.2) is 55.6 Å². The smallest absolute Gasteiger partial charge is 0.414 e. The zero-order valence-corrected chi connectivity index (χ0v) is 22.4. The number of rotatable bonds is 7. The van der Waals surface area contributed by atoms with Gasteiger partial charge in [0, 0.05) is 12.1 Å². The highest BCUT2D eigenvalue weighted by atomic mass is 16.6. The lowest BCUT2D eigenvalue weighted by Crippen LogP contribution is -2.49. The summed E-state index contributed by atoms with van der Waals surface area (Å²) in [6, 6.07) is 15.3. The summed E-state index contributed by atoms with van der Waals surface area (Å²) in [5.74, 6) is 1.50. The van der Waals surface area contributed by atoms with Gasteiger partial charge in [-0.15, -0.1) is 0 Å². The monoisotopic (exact) mass is 510 g/mol. The van der Waals surface area contributed by atoms with E-state index in [2.05, 4.69) is 0 Å². The highest BCUT2D eigenvalue weighted by Crippen LogP contribution is 2.40. The molecular weight excluding hydrogens is 472 g/mol. The minimum Gasteiger partial charge on any atom is -0.497 e. The summed E-state index contributed by atoms with van der Waals surface area (Å²) in [4.78, 5) is 29.7. The van der Waals surface area contributed by atoms with Crippen LogP contribution in [0.5, 0.6) is 11.5 Å². The highest BCUT2D eigenvalue weighted by Gasteiger charge is 2.45. The largest absolute Gasteiger partial charge is 0.497 e. The van der Waals surface area contributed by atoms with Crippen molar-refractivity contribution < 1.29 is 28.5 Å². The molecule has 0 saturated carbocycles. The number of hydrogen-bond acceptors (Lipinski definition) is 6. The van der Waals surface area contributed by atoms with Crippen molar-refractivity contribution in [3.8, 4) is 11.5 Å². The predicted molar refractivity (Wildman–Crippen MR) is 141 cm³/mol. The number of carbonyl (C=O) groups excluding carboxylic acids is 2. The van der Waals surface area contributed by atoms with Crippen LogP contribution in [0.1, 0.15) is 52.0 Å². The lowest BCUT2D eigenvalue weighted by molar-refractivity contribution is -0.00283. The average Bonchev–Trinajstić information content (AvgIpc) is 3.15. The standard InChI is InChI=1S/C29H38N2O6/c1-29(2,3)37-28(33)31-22-13-14-23(31)16-21(15-22)19-36-27(32)30(25-11-6-7-12-26(25)35-5)18-20-9-8-10-24(17-20)34-4/h6-12,17,21-23H,13-16,18-19H2,1-5H3. The molecule has 0 aliphatic carbocycles. The molecule has 200 valence electrons. The van der Waals surface area contributed by atoms with Gasteiger partial charge in [-0.3, -0.25) is 4.90 Å². The van der Waals surface area contributed by atoms with Gasteiger partial charge in [0.15, 0.2) is 0 Å². The molecule has 0 spiro atoms. The van der Waals surface area contributed by atoms with Crippen molar-refractivity contribution in [2.75, 3.05) is 25.7 Å². The first-order chi connectivity index (χ1) is 17.7. The quantitative estimate of drug-likeness (QED) is 0.453. The minimum absolute atomic E-state index is 0.124. The maximum Gasteiger partial charge on any atom is 0.414 e. The highest BCUT2D eigenvalue weighted by molar-refractivity contribution is 5.89. The molecule has 4 rings (SSSR count). The van der Waals surface area contributed by atoms with E-state index >= 15 is 0 Å². The zero-order chi connectivity index (χ0) is 26.6. The Hall–Kier alpha value is -3.42. The van der Waals surface area contributed by atoms with Crippen LogP contribution in [0.15, 0.2) is 48.5 Å². The molecule has 2 aliphatic rings. The SMILES string of the molecule is COc1cccc(CN(C(=O)OCC2CC3CCC(C2)N3C(=O)OC(C)(C)C)c2ccccc2OC)c1. The molecule has 2 unspecified atom stereocenters. The third-order valence-electron chi connectivity index (χ3n) is 6.95. The van der Waals surface area contributed by atoms with E-state index < -0.39 is 11.7 Å². The van der Waals surface area contributed by atoms with Crippen LogP contribution in [0.2, 0.25) is 0 Å². The van der Waals surface area contributed by atoms with E-state index in [0.29, 0.717) is 24.6 Å². The number of fused-ring (bicyclic) bond motifs is 2. The van der Waals surface area contributed by atoms with Gasteiger partial charge in [-0.05, 0) is 82.2 Å². The fourth-order valence-electron chi connectivity index (χ4n) is 5.36. The van der Waals surface area contributed by atoms with E-state index in [1.54, 1.807) is 19.1 Å². The van der Waals surface area contributed by atoms with Gasteiger partial charge < -0.3 is 23.8 Å². The van der Waals surface area contributed by atoms with Gasteiger partial charge in [0.05, 0.1) is 33.1 Å². The van der Waals surface area contributed by atoms with E-state index in [4.69, 9.17) is 18.9 Å². The molecule has 0 aromatic heterocycles. The average molecular weight is 511 g/mol. The van der Waals surface area contributed by atoms with E-state index in [9.17, 15) is 9.59 Å². The normalized spacial score (nSPS) is 20.8. The summed E-state index contributed by atoms with van der Waals surface area (Å²) in [5, 5.41) is 0. The topological polar surface area (TPSA) is 77.5 Å². The first-order valence-electron chi connectivity index (χ1n) is 12.9. The lowest BCUT2D eigenvalue weighted by Gasteiger charge is -2.39. The summed E-state index contributed by atoms with van der Waals surface area (Å²) >= 11 is 0. The van der Waals surface area contributed by atoms with Crippen LogP contribution in [0.4, 0.5) is 15.3 Å². The summed E-state index contributed by atoms with van der Waals surface area (Å²) in [6.07, 6.45) is 2.83. The van der Waals surface area contributed by atoms with Crippen molar-refractivity contribution in [1.29, 1.82) is 0 Å². The van der Waals surface area contributed by atoms with Gasteiger partial charge in [-0.1, -0.05) is 24.3 Å². The molecule has 0 N–H and O–H groups in total. The van der Waals surface area contributed by atoms with Gasteiger partial charge in [0.2, 0.25) is 0 Å². The fourth-order valence-corrected chi connectivity index (χ4v) is 5.36. The number of hydrogen-bond donors (Lipinski definition) is 0. The molecule has 2 aromatic carbocycles. The van der Waals surface area contributed by atoms with Gasteiger partial charge in [-0.2, -0.15) is 0 Å². The second kappa shape index (κ2) is 11.3. The molecule has 2 fully saturated rings. The van der Waals surface area contributed by atoms with E-state index in [1.165, 1.54) is 0 Å². The third kappa shape index (κ3) is 6.48. The van der Waals surface area contributed by atoms with Crippen LogP contribution in [0.3, 0.4) is 0 Å². The molecule has 2 atom stereocenters. The number of piperidine rings is 1. The first-order valence-corrected chi connectivity index (χ1v) is 12.9. The summed E-state index contributed by atoms with van der Waals surface area (Å²) < 4.78 is 22.4. The van der Waals surface area contributed by atoms with Gasteiger partial charge in [-0.25, -0.2) is 9.59 Å². The maximum atomic E-state index is 13.5. The number of ether oxygens (including phenoxy) is 4. The summed E-state index contributed by atoms with van der Waals surface area (Å²) in [5.41, 5.74) is 1.02. The number of amides is 2. The van der Waals surface area contributed by atoms with Crippen molar-refractivity contribution in [3.63, 3.8) is 0 Å². The first kappa shape index (κ1) is 26.6. The van der Waals surface area contributed by atoms with Crippen LogP contribution >= 0.6 is 0 Å². The molecule has 2 amide bonds. The number of nitrogens with zero attached hydrogens (tertiary/aromatic N) is 2. The molecule has 37 heavy (non-hydrogen) atoms. The predicted octanol–water partition coefficient (Wildman–Crippen LogP) is 6.03. The molecule has 0 radical (unpaired) electrons. The number of methoxy groups -OCH3 is 2. The summed E-state index contributed by atoms with van der Waals surface area (Å²) in [7, 11) is 3.20. The second-order valence-electron chi connectivity index (χ2n) is 10.8. The van der Waals surface area contributed by atoms with Crippen LogP contribution < -0.4 is 14.4 Å². The molecule has 2 aromatic rings. The van der Waals surface area contributed by atoms with Crippen LogP contribution in [0.25, 0.3) is 0 Å². The van der Waals surface area contributed by atoms with Gasteiger partial charge in [0.1, 0.15) is 17.1 Å². The Morgan fingerprint density at radius 1 is 0.973 bits per heavy atom. The molecule has 8 heteroatoms. The van der Waals surface area contributed by atoms with Crippen molar-refractivity contribution >= 4 is 17.9 Å². The molecule has 2 aliphatic heterocycles. The Morgan fingerprint density at radius 3 is 2.32 bits per heavy atom. The Bertz CT molecular complexity index is 1080. The van der Waals surface area contributed by atoms with Crippen molar-refractivity contribution in [3.05, 3.63) is 54.1 Å². The lowest BCUT2D eigenvalue weighted by atomic mass is 9.92. The minimum atomic E-state index is -0.520. The summed E-state index contributed by atoms with van der Waals surface area (Å²) in [6.45, 7) is 6.27. The number of anilines is 1. The van der Waals surface area contributed by atoms with Crippen molar-refractivity contribution in [2.45, 2.75) is 70.7 Å². The Labute approximate surface area is 219 Å². The van der Waals surface area contributed by atoms with Crippen molar-refractivity contribution in [1.82, 2.24) is 4.90 Å². The van der Waals surface area contributed by atoms with Crippen LogP contribution in [0, 0.1) is 5.92 Å². The second-order valence-corrected chi connectivity index (χ2v) is 10.8. The molecular formula is C29H38N2O6. The number of para-hydroxylation sites is 2. The molecule has 2 bridgehead atoms. The van der Waals surface area contributed by atoms with Crippen molar-refractivity contribution in [2.24, 2.45) is 5.92 Å². The Balaban J connectivity index is 1.44. The zero-order valence-electron chi connectivity index (χ0n) is 22.4.